The van der Waals surface area contributed by atoms with E-state index < -0.39 is 0 Å². The lowest BCUT2D eigenvalue weighted by Crippen LogP contribution is -2.10. The Balaban J connectivity index is 2.13. The Kier molecular flexibility index (Phi) is 5.04. The summed E-state index contributed by atoms with van der Waals surface area (Å²) in [5, 5.41) is 12.9. The van der Waals surface area contributed by atoms with Crippen molar-refractivity contribution in [1.29, 1.82) is 5.26 Å². The highest BCUT2D eigenvalue weighted by molar-refractivity contribution is 7.09. The predicted molar refractivity (Wildman–Crippen MR) is 78.4 cm³/mol. The molecular formula is C14H16N4OS. The summed E-state index contributed by atoms with van der Waals surface area (Å²) in [6.45, 7) is 1.90. The van der Waals surface area contributed by atoms with Crippen LogP contribution in [0.2, 0.25) is 0 Å². The highest BCUT2D eigenvalue weighted by Crippen LogP contribution is 2.25. The molecule has 20 heavy (non-hydrogen) atoms. The zero-order valence-electron chi connectivity index (χ0n) is 11.4. The lowest BCUT2D eigenvalue weighted by atomic mass is 10.1. The van der Waals surface area contributed by atoms with E-state index in [0.29, 0.717) is 17.4 Å². The minimum Gasteiger partial charge on any atom is -0.374 e. The van der Waals surface area contributed by atoms with Crippen LogP contribution in [0.3, 0.4) is 0 Å². The van der Waals surface area contributed by atoms with Crippen LogP contribution in [0.15, 0.2) is 30.3 Å². The van der Waals surface area contributed by atoms with E-state index in [1.165, 1.54) is 11.5 Å². The number of methoxy groups -OCH3 is 1. The van der Waals surface area contributed by atoms with Crippen LogP contribution in [0.25, 0.3) is 0 Å². The molecule has 0 aliphatic heterocycles. The van der Waals surface area contributed by atoms with E-state index in [0.717, 1.165) is 5.56 Å². The molecular weight excluding hydrogens is 272 g/mol. The number of nitrogens with one attached hydrogen (secondary N) is 1. The molecule has 0 radical (unpaired) electrons. The summed E-state index contributed by atoms with van der Waals surface area (Å²) in [6.07, 6.45) is 0.242. The van der Waals surface area contributed by atoms with E-state index in [1.807, 2.05) is 37.3 Å². The molecule has 2 aromatic rings. The maximum absolute atomic E-state index is 8.96. The molecule has 6 heteroatoms. The number of benzene rings is 1. The van der Waals surface area contributed by atoms with Gasteiger partial charge in [0.05, 0.1) is 18.5 Å². The minimum atomic E-state index is -0.132. The zero-order chi connectivity index (χ0) is 14.4. The van der Waals surface area contributed by atoms with Gasteiger partial charge in [0.2, 0.25) is 5.13 Å². The molecule has 2 rings (SSSR count). The number of anilines is 1. The van der Waals surface area contributed by atoms with Gasteiger partial charge in [0.25, 0.3) is 0 Å². The molecule has 0 spiro atoms. The fourth-order valence-corrected chi connectivity index (χ4v) is 2.44. The van der Waals surface area contributed by atoms with Gasteiger partial charge in [0.1, 0.15) is 6.10 Å². The molecule has 0 saturated carbocycles. The van der Waals surface area contributed by atoms with Gasteiger partial charge in [-0.05, 0) is 12.5 Å². The molecule has 0 bridgehead atoms. The van der Waals surface area contributed by atoms with Crippen molar-refractivity contribution in [3.63, 3.8) is 0 Å². The molecule has 0 amide bonds. The average Bonchev–Trinajstić information content (AvgIpc) is 2.95. The number of hydrogen-bond acceptors (Lipinski definition) is 6. The first kappa shape index (κ1) is 14.4. The van der Waals surface area contributed by atoms with Crippen molar-refractivity contribution in [2.45, 2.75) is 25.5 Å². The van der Waals surface area contributed by atoms with Crippen LogP contribution >= 0.6 is 11.5 Å². The smallest absolute Gasteiger partial charge is 0.203 e. The van der Waals surface area contributed by atoms with Gasteiger partial charge in [-0.2, -0.15) is 9.64 Å². The molecule has 1 heterocycles. The minimum absolute atomic E-state index is 0.0835. The molecule has 1 aromatic heterocycles. The lowest BCUT2D eigenvalue weighted by Gasteiger charge is -2.14. The molecule has 2 atom stereocenters. The van der Waals surface area contributed by atoms with Crippen molar-refractivity contribution in [2.75, 3.05) is 12.4 Å². The van der Waals surface area contributed by atoms with Crippen molar-refractivity contribution in [3.8, 4) is 6.07 Å². The molecule has 0 saturated heterocycles. The summed E-state index contributed by atoms with van der Waals surface area (Å²) in [4.78, 5) is 4.39. The van der Waals surface area contributed by atoms with Gasteiger partial charge >= 0.3 is 0 Å². The van der Waals surface area contributed by atoms with Crippen LogP contribution in [-0.4, -0.2) is 16.5 Å². The summed E-state index contributed by atoms with van der Waals surface area (Å²) >= 11 is 1.28. The Morgan fingerprint density at radius 2 is 2.15 bits per heavy atom. The molecule has 0 fully saturated rings. The van der Waals surface area contributed by atoms with Gasteiger partial charge in [-0.25, -0.2) is 4.98 Å². The second-order valence-corrected chi connectivity index (χ2v) is 5.06. The summed E-state index contributed by atoms with van der Waals surface area (Å²) in [5.74, 6) is 0.656. The van der Waals surface area contributed by atoms with Crippen molar-refractivity contribution >= 4 is 16.7 Å². The van der Waals surface area contributed by atoms with Crippen LogP contribution < -0.4 is 5.32 Å². The number of aromatic nitrogens is 2. The third kappa shape index (κ3) is 3.53. The lowest BCUT2D eigenvalue weighted by molar-refractivity contribution is 0.113. The average molecular weight is 288 g/mol. The van der Waals surface area contributed by atoms with E-state index in [-0.39, 0.29) is 12.1 Å². The first-order chi connectivity index (χ1) is 9.74. The Hall–Kier alpha value is -1.97. The van der Waals surface area contributed by atoms with Crippen LogP contribution in [0, 0.1) is 11.3 Å². The standard InChI is InChI=1S/C14H16N4OS/c1-10(19-2)13-17-14(20-18-13)16-12(8-9-15)11-6-4-3-5-7-11/h3-7,10,12H,8H2,1-2H3,(H,16,17,18)/t10-,12-/m0/s1. The number of nitrogens with zero attached hydrogens (tertiary/aromatic N) is 3. The van der Waals surface area contributed by atoms with E-state index in [2.05, 4.69) is 20.7 Å². The Morgan fingerprint density at radius 1 is 1.40 bits per heavy atom. The Morgan fingerprint density at radius 3 is 2.80 bits per heavy atom. The maximum atomic E-state index is 8.96. The fraction of sp³-hybridized carbons (Fsp3) is 0.357. The first-order valence-electron chi connectivity index (χ1n) is 6.29. The Labute approximate surface area is 122 Å². The van der Waals surface area contributed by atoms with Crippen LogP contribution in [-0.2, 0) is 4.74 Å². The van der Waals surface area contributed by atoms with Crippen LogP contribution in [0.4, 0.5) is 5.13 Å². The molecule has 104 valence electrons. The van der Waals surface area contributed by atoms with Gasteiger partial charge in [-0.3, -0.25) is 0 Å². The SMILES string of the molecule is CO[C@@H](C)c1nsc(N[C@@H](CC#N)c2ccccc2)n1. The number of rotatable bonds is 6. The molecule has 0 aliphatic carbocycles. The molecule has 0 unspecified atom stereocenters. The maximum Gasteiger partial charge on any atom is 0.203 e. The fourth-order valence-electron chi connectivity index (χ4n) is 1.74. The van der Waals surface area contributed by atoms with E-state index in [9.17, 15) is 0 Å². The summed E-state index contributed by atoms with van der Waals surface area (Å²) in [7, 11) is 1.63. The van der Waals surface area contributed by atoms with Gasteiger partial charge in [-0.1, -0.05) is 30.3 Å². The third-order valence-corrected chi connectivity index (χ3v) is 3.61. The molecule has 0 aliphatic rings. The van der Waals surface area contributed by atoms with Crippen LogP contribution in [0.1, 0.15) is 36.9 Å². The van der Waals surface area contributed by atoms with Crippen molar-refractivity contribution in [2.24, 2.45) is 0 Å². The normalized spacial score (nSPS) is 13.4. The quantitative estimate of drug-likeness (QED) is 0.883. The predicted octanol–water partition coefficient (Wildman–Crippen LogP) is 3.31. The number of nitriles is 1. The van der Waals surface area contributed by atoms with Gasteiger partial charge in [0.15, 0.2) is 5.82 Å². The number of ether oxygens (including phenoxy) is 1. The third-order valence-electron chi connectivity index (χ3n) is 2.95. The van der Waals surface area contributed by atoms with E-state index in [1.54, 1.807) is 7.11 Å². The summed E-state index contributed by atoms with van der Waals surface area (Å²) in [5.41, 5.74) is 1.06. The highest BCUT2D eigenvalue weighted by atomic mass is 32.1. The van der Waals surface area contributed by atoms with Crippen molar-refractivity contribution in [1.82, 2.24) is 9.36 Å². The summed E-state index contributed by atoms with van der Waals surface area (Å²) in [6, 6.07) is 12.0. The summed E-state index contributed by atoms with van der Waals surface area (Å²) < 4.78 is 9.44. The monoisotopic (exact) mass is 288 g/mol. The molecule has 1 N–H and O–H groups in total. The van der Waals surface area contributed by atoms with Crippen molar-refractivity contribution < 1.29 is 4.74 Å². The second-order valence-electron chi connectivity index (χ2n) is 4.31. The van der Waals surface area contributed by atoms with E-state index >= 15 is 0 Å². The van der Waals surface area contributed by atoms with Crippen molar-refractivity contribution in [3.05, 3.63) is 41.7 Å². The van der Waals surface area contributed by atoms with Gasteiger partial charge in [0, 0.05) is 18.6 Å². The van der Waals surface area contributed by atoms with Crippen LogP contribution in [0.5, 0.6) is 0 Å². The molecule has 5 nitrogen and oxygen atoms in total. The largest absolute Gasteiger partial charge is 0.374 e. The highest BCUT2D eigenvalue weighted by Gasteiger charge is 2.15. The first-order valence-corrected chi connectivity index (χ1v) is 7.06. The zero-order valence-corrected chi connectivity index (χ0v) is 12.2. The van der Waals surface area contributed by atoms with Gasteiger partial charge < -0.3 is 10.1 Å². The topological polar surface area (TPSA) is 70.8 Å². The van der Waals surface area contributed by atoms with E-state index in [4.69, 9.17) is 10.00 Å². The van der Waals surface area contributed by atoms with Gasteiger partial charge in [-0.15, -0.1) is 0 Å². The Bertz CT molecular complexity index is 578. The second kappa shape index (κ2) is 6.98. The number of hydrogen-bond donors (Lipinski definition) is 1. The molecule has 1 aromatic carbocycles.